The summed E-state index contributed by atoms with van der Waals surface area (Å²) in [6.45, 7) is 3.05. The third-order valence-corrected chi connectivity index (χ3v) is 4.28. The molecule has 0 bridgehead atoms. The summed E-state index contributed by atoms with van der Waals surface area (Å²) in [4.78, 5) is 36.6. The standard InChI is InChI=1S/C15H17NO5/c1-8-6-13(21-15(8)19)20-7-11-10-4-3-5-12(10)16(9(2)17)14(11)18/h6-7,10,12-13H,3-5H2,1-2H3/b11-7+. The molecule has 3 aliphatic rings. The molecule has 6 nitrogen and oxygen atoms in total. The Balaban J connectivity index is 1.78. The highest BCUT2D eigenvalue weighted by molar-refractivity contribution is 6.06. The molecule has 2 fully saturated rings. The fraction of sp³-hybridized carbons (Fsp3) is 0.533. The summed E-state index contributed by atoms with van der Waals surface area (Å²) in [5.41, 5.74) is 0.988. The molecule has 2 heterocycles. The first-order valence-electron chi connectivity index (χ1n) is 7.08. The van der Waals surface area contributed by atoms with Crippen LogP contribution in [0.2, 0.25) is 0 Å². The molecule has 3 unspecified atom stereocenters. The Hall–Kier alpha value is -2.11. The van der Waals surface area contributed by atoms with Crippen LogP contribution in [0, 0.1) is 5.92 Å². The van der Waals surface area contributed by atoms with Gasteiger partial charge in [0.2, 0.25) is 5.91 Å². The molecule has 0 spiro atoms. The van der Waals surface area contributed by atoms with Crippen LogP contribution < -0.4 is 0 Å². The third kappa shape index (κ3) is 2.24. The molecule has 0 radical (unpaired) electrons. The van der Waals surface area contributed by atoms with Gasteiger partial charge in [0, 0.05) is 30.5 Å². The zero-order valence-electron chi connectivity index (χ0n) is 12.0. The van der Waals surface area contributed by atoms with Gasteiger partial charge in [-0.2, -0.15) is 0 Å². The summed E-state index contributed by atoms with van der Waals surface area (Å²) in [6, 6.07) is -0.0479. The number of likely N-dealkylation sites (tertiary alicyclic amines) is 1. The van der Waals surface area contributed by atoms with Gasteiger partial charge >= 0.3 is 5.97 Å². The first-order valence-corrected chi connectivity index (χ1v) is 7.08. The lowest BCUT2D eigenvalue weighted by Crippen LogP contribution is -2.37. The molecule has 3 atom stereocenters. The molecular formula is C15H17NO5. The van der Waals surface area contributed by atoms with Crippen molar-refractivity contribution in [2.24, 2.45) is 5.92 Å². The molecule has 2 amide bonds. The second kappa shape index (κ2) is 5.02. The van der Waals surface area contributed by atoms with Gasteiger partial charge in [-0.3, -0.25) is 14.5 Å². The van der Waals surface area contributed by atoms with Crippen LogP contribution in [0.3, 0.4) is 0 Å². The van der Waals surface area contributed by atoms with E-state index in [9.17, 15) is 14.4 Å². The Labute approximate surface area is 122 Å². The number of amides is 2. The van der Waals surface area contributed by atoms with Crippen molar-refractivity contribution in [3.8, 4) is 0 Å². The second-order valence-corrected chi connectivity index (χ2v) is 5.63. The Morgan fingerprint density at radius 2 is 2.19 bits per heavy atom. The van der Waals surface area contributed by atoms with Crippen LogP contribution >= 0.6 is 0 Å². The van der Waals surface area contributed by atoms with Gasteiger partial charge in [-0.25, -0.2) is 4.79 Å². The monoisotopic (exact) mass is 291 g/mol. The molecule has 0 aromatic carbocycles. The van der Waals surface area contributed by atoms with Gasteiger partial charge in [0.25, 0.3) is 12.2 Å². The molecule has 21 heavy (non-hydrogen) atoms. The van der Waals surface area contributed by atoms with Crippen LogP contribution in [-0.4, -0.2) is 35.0 Å². The van der Waals surface area contributed by atoms with Crippen molar-refractivity contribution < 1.29 is 23.9 Å². The van der Waals surface area contributed by atoms with E-state index >= 15 is 0 Å². The van der Waals surface area contributed by atoms with Gasteiger partial charge in [0.1, 0.15) is 0 Å². The summed E-state index contributed by atoms with van der Waals surface area (Å²) < 4.78 is 10.4. The zero-order valence-corrected chi connectivity index (χ0v) is 12.0. The van der Waals surface area contributed by atoms with Crippen molar-refractivity contribution >= 4 is 17.8 Å². The molecule has 6 heteroatoms. The normalized spacial score (nSPS) is 33.2. The van der Waals surface area contributed by atoms with Crippen molar-refractivity contribution in [3.63, 3.8) is 0 Å². The summed E-state index contributed by atoms with van der Waals surface area (Å²) in [7, 11) is 0. The number of carbonyl (C=O) groups is 3. The Kier molecular flexibility index (Phi) is 3.31. The first kappa shape index (κ1) is 13.9. The third-order valence-electron chi connectivity index (χ3n) is 4.28. The maximum absolute atomic E-state index is 12.3. The number of hydrogen-bond donors (Lipinski definition) is 0. The van der Waals surface area contributed by atoms with E-state index in [0.29, 0.717) is 11.1 Å². The molecule has 0 aromatic heterocycles. The van der Waals surface area contributed by atoms with Crippen molar-refractivity contribution in [2.75, 3.05) is 0 Å². The fourth-order valence-corrected chi connectivity index (χ4v) is 3.29. The number of rotatable bonds is 2. The van der Waals surface area contributed by atoms with Gasteiger partial charge < -0.3 is 9.47 Å². The summed E-state index contributed by atoms with van der Waals surface area (Å²) >= 11 is 0. The van der Waals surface area contributed by atoms with E-state index in [4.69, 9.17) is 9.47 Å². The minimum atomic E-state index is -0.788. The van der Waals surface area contributed by atoms with Crippen LogP contribution in [0.25, 0.3) is 0 Å². The summed E-state index contributed by atoms with van der Waals surface area (Å²) in [5, 5.41) is 0. The molecule has 0 aromatic rings. The molecule has 112 valence electrons. The number of esters is 1. The van der Waals surface area contributed by atoms with Crippen LogP contribution in [0.5, 0.6) is 0 Å². The van der Waals surface area contributed by atoms with Gasteiger partial charge in [0.15, 0.2) is 0 Å². The quantitative estimate of drug-likeness (QED) is 0.435. The molecule has 3 rings (SSSR count). The van der Waals surface area contributed by atoms with E-state index in [1.807, 2.05) is 0 Å². The Morgan fingerprint density at radius 3 is 2.81 bits per heavy atom. The molecule has 0 N–H and O–H groups in total. The predicted octanol–water partition coefficient (Wildman–Crippen LogP) is 1.27. The molecule has 1 saturated heterocycles. The number of fused-ring (bicyclic) bond motifs is 1. The highest BCUT2D eigenvalue weighted by Gasteiger charge is 2.48. The number of nitrogens with zero attached hydrogens (tertiary/aromatic N) is 1. The highest BCUT2D eigenvalue weighted by Crippen LogP contribution is 2.42. The van der Waals surface area contributed by atoms with E-state index in [1.165, 1.54) is 18.1 Å². The lowest BCUT2D eigenvalue weighted by molar-refractivity contribution is -0.152. The topological polar surface area (TPSA) is 72.9 Å². The largest absolute Gasteiger partial charge is 0.458 e. The van der Waals surface area contributed by atoms with Crippen molar-refractivity contribution in [2.45, 2.75) is 45.4 Å². The van der Waals surface area contributed by atoms with E-state index in [2.05, 4.69) is 0 Å². The second-order valence-electron chi connectivity index (χ2n) is 5.63. The maximum Gasteiger partial charge on any atom is 0.336 e. The number of imide groups is 1. The van der Waals surface area contributed by atoms with Gasteiger partial charge in [-0.15, -0.1) is 0 Å². The Morgan fingerprint density at radius 1 is 1.43 bits per heavy atom. The van der Waals surface area contributed by atoms with Gasteiger partial charge in [0.05, 0.1) is 11.8 Å². The Bertz CT molecular complexity index is 577. The van der Waals surface area contributed by atoms with E-state index in [0.717, 1.165) is 19.3 Å². The van der Waals surface area contributed by atoms with Crippen LogP contribution in [0.1, 0.15) is 33.1 Å². The molecule has 2 aliphatic heterocycles. The number of cyclic esters (lactones) is 1. The number of ether oxygens (including phenoxy) is 2. The average Bonchev–Trinajstić information content (AvgIpc) is 3.04. The molecule has 1 aliphatic carbocycles. The first-order chi connectivity index (χ1) is 9.99. The summed E-state index contributed by atoms with van der Waals surface area (Å²) in [5.74, 6) is -0.908. The van der Waals surface area contributed by atoms with Gasteiger partial charge in [-0.1, -0.05) is 6.42 Å². The minimum absolute atomic E-state index is 0.0311. The lowest BCUT2D eigenvalue weighted by atomic mass is 9.99. The highest BCUT2D eigenvalue weighted by atomic mass is 16.7. The van der Waals surface area contributed by atoms with Crippen LogP contribution in [0.15, 0.2) is 23.5 Å². The molecular weight excluding hydrogens is 274 g/mol. The zero-order chi connectivity index (χ0) is 15.1. The fourth-order valence-electron chi connectivity index (χ4n) is 3.29. The van der Waals surface area contributed by atoms with E-state index in [1.54, 1.807) is 13.0 Å². The van der Waals surface area contributed by atoms with Crippen LogP contribution in [0.4, 0.5) is 0 Å². The minimum Gasteiger partial charge on any atom is -0.458 e. The summed E-state index contributed by atoms with van der Waals surface area (Å²) in [6.07, 6.45) is 4.83. The van der Waals surface area contributed by atoms with Gasteiger partial charge in [-0.05, 0) is 19.8 Å². The van der Waals surface area contributed by atoms with Crippen molar-refractivity contribution in [1.82, 2.24) is 4.90 Å². The lowest BCUT2D eigenvalue weighted by Gasteiger charge is -2.19. The van der Waals surface area contributed by atoms with Crippen LogP contribution in [-0.2, 0) is 23.9 Å². The average molecular weight is 291 g/mol. The van der Waals surface area contributed by atoms with E-state index in [-0.39, 0.29) is 23.8 Å². The smallest absolute Gasteiger partial charge is 0.336 e. The SMILES string of the molecule is CC(=O)N1C(=O)/C(=C/OC2C=C(C)C(=O)O2)C2CCCC21. The predicted molar refractivity (Wildman–Crippen MR) is 71.5 cm³/mol. The van der Waals surface area contributed by atoms with E-state index < -0.39 is 12.3 Å². The molecule has 1 saturated carbocycles. The maximum atomic E-state index is 12.3. The number of hydrogen-bond acceptors (Lipinski definition) is 5. The van der Waals surface area contributed by atoms with Crippen molar-refractivity contribution in [1.29, 1.82) is 0 Å². The van der Waals surface area contributed by atoms with Crippen molar-refractivity contribution in [3.05, 3.63) is 23.5 Å². The number of carbonyl (C=O) groups excluding carboxylic acids is 3.